The number of nitrogens with zero attached hydrogens (tertiary/aromatic N) is 5. The lowest BCUT2D eigenvalue weighted by Gasteiger charge is -2.36. The molecule has 0 unspecified atom stereocenters. The lowest BCUT2D eigenvalue weighted by atomic mass is 10.1. The second-order valence-electron chi connectivity index (χ2n) is 10.6. The van der Waals surface area contributed by atoms with Crippen LogP contribution in [0.3, 0.4) is 0 Å². The van der Waals surface area contributed by atoms with Crippen LogP contribution in [0.4, 0.5) is 20.3 Å². The van der Waals surface area contributed by atoms with Gasteiger partial charge in [-0.05, 0) is 30.7 Å². The number of imidazole rings is 1. The third-order valence-corrected chi connectivity index (χ3v) is 7.95. The van der Waals surface area contributed by atoms with Crippen molar-refractivity contribution in [3.8, 4) is 22.8 Å². The molecule has 3 N–H and O–H groups in total. The molecule has 44 heavy (non-hydrogen) atoms. The number of piperazine rings is 1. The summed E-state index contributed by atoms with van der Waals surface area (Å²) in [7, 11) is 2.73. The van der Waals surface area contributed by atoms with Crippen LogP contribution in [-0.4, -0.2) is 100 Å². The Morgan fingerprint density at radius 1 is 1.00 bits per heavy atom. The van der Waals surface area contributed by atoms with E-state index in [2.05, 4.69) is 20.6 Å². The van der Waals surface area contributed by atoms with Crippen LogP contribution in [0.25, 0.3) is 16.9 Å². The van der Waals surface area contributed by atoms with Crippen molar-refractivity contribution in [2.24, 2.45) is 0 Å². The number of aliphatic hydroxyl groups excluding tert-OH is 1. The lowest BCUT2D eigenvalue weighted by Crippen LogP contribution is -2.54. The van der Waals surface area contributed by atoms with Crippen LogP contribution in [0.5, 0.6) is 11.5 Å². The number of hydrogen-bond donors (Lipinski definition) is 3. The van der Waals surface area contributed by atoms with Crippen LogP contribution >= 0.6 is 0 Å². The van der Waals surface area contributed by atoms with Crippen molar-refractivity contribution in [2.45, 2.75) is 18.6 Å². The summed E-state index contributed by atoms with van der Waals surface area (Å²) < 4.78 is 41.2. The zero-order valence-electron chi connectivity index (χ0n) is 24.1. The van der Waals surface area contributed by atoms with Gasteiger partial charge < -0.3 is 35.0 Å². The maximum absolute atomic E-state index is 14.8. The van der Waals surface area contributed by atoms with Crippen molar-refractivity contribution in [1.29, 1.82) is 0 Å². The zero-order chi connectivity index (χ0) is 31.0. The van der Waals surface area contributed by atoms with Crippen molar-refractivity contribution in [2.75, 3.05) is 52.3 Å². The van der Waals surface area contributed by atoms with Crippen LogP contribution in [-0.2, 0) is 4.79 Å². The minimum Gasteiger partial charge on any atom is -0.496 e. The van der Waals surface area contributed by atoms with Gasteiger partial charge in [0.25, 0.3) is 5.91 Å². The van der Waals surface area contributed by atoms with E-state index in [9.17, 15) is 23.5 Å². The average molecular weight is 608 g/mol. The molecule has 0 spiro atoms. The summed E-state index contributed by atoms with van der Waals surface area (Å²) in [5.41, 5.74) is 1.63. The number of ether oxygens (including phenoxy) is 2. The van der Waals surface area contributed by atoms with Gasteiger partial charge in [-0.15, -0.1) is 0 Å². The van der Waals surface area contributed by atoms with Crippen molar-refractivity contribution < 1.29 is 33.0 Å². The standard InChI is InChI=1S/C30H31F2N7O5/c1-43-23-6-5-19(25(31)26(23)32)22-16-35-28-27(33-7-8-39(22)28)36-17-3-4-20(24(13-17)44-2)29(41)37-9-11-38(12-10-37)30(42)21-14-18(40)15-34-21/h3-8,13,16,18,21,34,40H,9-12,14-15H2,1-2H3,(H,33,36)/t18-,21+/m0/s1. The summed E-state index contributed by atoms with van der Waals surface area (Å²) in [6.07, 6.45) is 4.39. The van der Waals surface area contributed by atoms with Crippen molar-refractivity contribution in [1.82, 2.24) is 29.5 Å². The van der Waals surface area contributed by atoms with Gasteiger partial charge >= 0.3 is 0 Å². The first-order valence-electron chi connectivity index (χ1n) is 14.1. The predicted molar refractivity (Wildman–Crippen MR) is 156 cm³/mol. The minimum atomic E-state index is -1.09. The Morgan fingerprint density at radius 2 is 1.75 bits per heavy atom. The highest BCUT2D eigenvalue weighted by Crippen LogP contribution is 2.32. The Balaban J connectivity index is 1.17. The number of nitrogens with one attached hydrogen (secondary N) is 2. The van der Waals surface area contributed by atoms with E-state index in [4.69, 9.17) is 9.47 Å². The van der Waals surface area contributed by atoms with E-state index in [-0.39, 0.29) is 23.1 Å². The molecule has 14 heteroatoms. The molecule has 0 bridgehead atoms. The lowest BCUT2D eigenvalue weighted by molar-refractivity contribution is -0.134. The molecular formula is C30H31F2N7O5. The van der Waals surface area contributed by atoms with E-state index in [0.29, 0.717) is 73.3 Å². The number of fused-ring (bicyclic) bond motifs is 1. The molecule has 0 saturated carbocycles. The van der Waals surface area contributed by atoms with E-state index in [1.165, 1.54) is 38.7 Å². The highest BCUT2D eigenvalue weighted by molar-refractivity contribution is 5.98. The maximum atomic E-state index is 14.8. The molecular weight excluding hydrogens is 576 g/mol. The summed E-state index contributed by atoms with van der Waals surface area (Å²) in [6.45, 7) is 1.94. The van der Waals surface area contributed by atoms with Gasteiger partial charge in [-0.25, -0.2) is 14.4 Å². The number of rotatable bonds is 7. The molecule has 4 heterocycles. The van der Waals surface area contributed by atoms with Gasteiger partial charge in [0.2, 0.25) is 11.7 Å². The van der Waals surface area contributed by atoms with Gasteiger partial charge in [0.1, 0.15) is 5.75 Å². The number of hydrogen-bond acceptors (Lipinski definition) is 9. The topological polar surface area (TPSA) is 134 Å². The van der Waals surface area contributed by atoms with Crippen LogP contribution in [0, 0.1) is 11.6 Å². The average Bonchev–Trinajstić information content (AvgIpc) is 3.68. The Morgan fingerprint density at radius 3 is 2.45 bits per heavy atom. The Bertz CT molecular complexity index is 1720. The molecule has 2 fully saturated rings. The summed E-state index contributed by atoms with van der Waals surface area (Å²) >= 11 is 0. The predicted octanol–water partition coefficient (Wildman–Crippen LogP) is 2.44. The third-order valence-electron chi connectivity index (χ3n) is 7.95. The number of β-amino-alcohol motifs (C(OH)–C–C–N with tert-alkyl or cyclic N) is 1. The Labute approximate surface area is 251 Å². The largest absolute Gasteiger partial charge is 0.496 e. The van der Waals surface area contributed by atoms with Crippen molar-refractivity contribution in [3.63, 3.8) is 0 Å². The monoisotopic (exact) mass is 607 g/mol. The molecule has 2 atom stereocenters. The van der Waals surface area contributed by atoms with Crippen LogP contribution in [0.2, 0.25) is 0 Å². The number of carbonyl (C=O) groups excluding carboxylic acids is 2. The van der Waals surface area contributed by atoms with E-state index in [0.717, 1.165) is 0 Å². The number of aliphatic hydroxyl groups is 1. The van der Waals surface area contributed by atoms with Gasteiger partial charge in [0, 0.05) is 62.4 Å². The molecule has 2 aromatic carbocycles. The molecule has 2 saturated heterocycles. The molecule has 230 valence electrons. The second-order valence-corrected chi connectivity index (χ2v) is 10.6. The maximum Gasteiger partial charge on any atom is 0.257 e. The summed E-state index contributed by atoms with van der Waals surface area (Å²) in [6, 6.07) is 7.40. The third kappa shape index (κ3) is 5.37. The van der Waals surface area contributed by atoms with E-state index in [1.54, 1.807) is 38.6 Å². The molecule has 0 radical (unpaired) electrons. The number of halogens is 2. The Kier molecular flexibility index (Phi) is 8.01. The first kappa shape index (κ1) is 29.3. The number of methoxy groups -OCH3 is 2. The molecule has 2 aromatic heterocycles. The van der Waals surface area contributed by atoms with Gasteiger partial charge in [-0.2, -0.15) is 4.39 Å². The normalized spacial score (nSPS) is 18.5. The number of benzene rings is 2. The van der Waals surface area contributed by atoms with Gasteiger partial charge in [-0.1, -0.05) is 0 Å². The van der Waals surface area contributed by atoms with E-state index < -0.39 is 23.8 Å². The fourth-order valence-corrected chi connectivity index (χ4v) is 5.60. The first-order chi connectivity index (χ1) is 21.3. The second kappa shape index (κ2) is 12.1. The molecule has 12 nitrogen and oxygen atoms in total. The molecule has 6 rings (SSSR count). The fraction of sp³-hybridized carbons (Fsp3) is 0.333. The molecule has 0 aliphatic carbocycles. The van der Waals surface area contributed by atoms with Crippen LogP contribution in [0.1, 0.15) is 16.8 Å². The smallest absolute Gasteiger partial charge is 0.257 e. The fourth-order valence-electron chi connectivity index (χ4n) is 5.60. The summed E-state index contributed by atoms with van der Waals surface area (Å²) in [5, 5.41) is 15.9. The molecule has 2 aliphatic rings. The highest BCUT2D eigenvalue weighted by Gasteiger charge is 2.34. The zero-order valence-corrected chi connectivity index (χ0v) is 24.1. The quantitative estimate of drug-likeness (QED) is 0.290. The number of amides is 2. The first-order valence-corrected chi connectivity index (χ1v) is 14.1. The molecule has 2 amide bonds. The Hall–Kier alpha value is -4.82. The van der Waals surface area contributed by atoms with Crippen LogP contribution < -0.4 is 20.1 Å². The number of carbonyl (C=O) groups is 2. The van der Waals surface area contributed by atoms with Gasteiger partial charge in [0.15, 0.2) is 23.0 Å². The van der Waals surface area contributed by atoms with E-state index >= 15 is 0 Å². The molecule has 4 aromatic rings. The van der Waals surface area contributed by atoms with E-state index in [1.807, 2.05) is 0 Å². The molecule has 2 aliphatic heterocycles. The summed E-state index contributed by atoms with van der Waals surface area (Å²) in [5.74, 6) is -1.94. The van der Waals surface area contributed by atoms with Gasteiger partial charge in [-0.3, -0.25) is 14.0 Å². The number of aromatic nitrogens is 3. The van der Waals surface area contributed by atoms with Gasteiger partial charge in [0.05, 0.1) is 43.8 Å². The van der Waals surface area contributed by atoms with Crippen molar-refractivity contribution in [3.05, 3.63) is 66.1 Å². The minimum absolute atomic E-state index is 0.0108. The highest BCUT2D eigenvalue weighted by atomic mass is 19.2. The number of anilines is 2. The van der Waals surface area contributed by atoms with Crippen LogP contribution in [0.15, 0.2) is 48.9 Å². The SMILES string of the molecule is COc1cc(Nc2nccn3c(-c4ccc(OC)c(F)c4F)cnc23)ccc1C(=O)N1CCN(C(=O)[C@H]2C[C@H](O)CN2)CC1. The van der Waals surface area contributed by atoms with Crippen molar-refractivity contribution >= 4 is 29.0 Å². The summed E-state index contributed by atoms with van der Waals surface area (Å²) in [4.78, 5) is 38.3.